The minimum Gasteiger partial charge on any atom is -0.368 e. The molecule has 1 unspecified atom stereocenters. The zero-order valence-electron chi connectivity index (χ0n) is 11.3. The highest BCUT2D eigenvalue weighted by Crippen LogP contribution is 2.33. The SMILES string of the molecule is Cn1ccnc1C(Nc1c(F)cccc1Br)c1cccs1. The van der Waals surface area contributed by atoms with E-state index >= 15 is 0 Å². The Morgan fingerprint density at radius 1 is 1.33 bits per heavy atom. The Morgan fingerprint density at radius 2 is 2.19 bits per heavy atom. The summed E-state index contributed by atoms with van der Waals surface area (Å²) in [6, 6.07) is 8.73. The number of hydrogen-bond donors (Lipinski definition) is 1. The van der Waals surface area contributed by atoms with Crippen LogP contribution >= 0.6 is 27.3 Å². The van der Waals surface area contributed by atoms with E-state index in [1.807, 2.05) is 41.4 Å². The van der Waals surface area contributed by atoms with Crippen molar-refractivity contribution in [1.82, 2.24) is 9.55 Å². The minimum atomic E-state index is -0.292. The van der Waals surface area contributed by atoms with E-state index in [2.05, 4.69) is 26.2 Å². The molecule has 0 amide bonds. The minimum absolute atomic E-state index is 0.196. The number of nitrogens with one attached hydrogen (secondary N) is 1. The van der Waals surface area contributed by atoms with Crippen LogP contribution in [-0.4, -0.2) is 9.55 Å². The van der Waals surface area contributed by atoms with Crippen LogP contribution in [0, 0.1) is 5.82 Å². The van der Waals surface area contributed by atoms with E-state index in [1.54, 1.807) is 23.6 Å². The van der Waals surface area contributed by atoms with Gasteiger partial charge in [-0.25, -0.2) is 9.37 Å². The predicted octanol–water partition coefficient (Wildman–Crippen LogP) is 4.58. The molecule has 2 heterocycles. The number of thiophene rings is 1. The van der Waals surface area contributed by atoms with Gasteiger partial charge in [-0.05, 0) is 39.5 Å². The summed E-state index contributed by atoms with van der Waals surface area (Å²) in [5.41, 5.74) is 0.443. The molecule has 0 aliphatic carbocycles. The molecule has 0 saturated carbocycles. The van der Waals surface area contributed by atoms with Crippen molar-refractivity contribution >= 4 is 33.0 Å². The van der Waals surface area contributed by atoms with Crippen LogP contribution in [0.25, 0.3) is 0 Å². The van der Waals surface area contributed by atoms with Gasteiger partial charge in [0, 0.05) is 28.8 Å². The van der Waals surface area contributed by atoms with Crippen molar-refractivity contribution < 1.29 is 4.39 Å². The molecule has 6 heteroatoms. The number of nitrogens with zero attached hydrogens (tertiary/aromatic N) is 2. The van der Waals surface area contributed by atoms with Gasteiger partial charge in [0.2, 0.25) is 0 Å². The normalized spacial score (nSPS) is 12.3. The maximum absolute atomic E-state index is 14.1. The first-order chi connectivity index (χ1) is 10.2. The third-order valence-corrected chi connectivity index (χ3v) is 4.79. The van der Waals surface area contributed by atoms with Crippen molar-refractivity contribution in [2.45, 2.75) is 6.04 Å². The molecule has 3 nitrogen and oxygen atoms in total. The molecule has 1 N–H and O–H groups in total. The molecule has 0 saturated heterocycles. The Hall–Kier alpha value is -1.66. The van der Waals surface area contributed by atoms with E-state index in [4.69, 9.17) is 0 Å². The summed E-state index contributed by atoms with van der Waals surface area (Å²) in [7, 11) is 1.93. The largest absolute Gasteiger partial charge is 0.368 e. The summed E-state index contributed by atoms with van der Waals surface area (Å²) in [5, 5.41) is 5.27. The Labute approximate surface area is 134 Å². The molecule has 3 aromatic rings. The van der Waals surface area contributed by atoms with Gasteiger partial charge in [-0.15, -0.1) is 11.3 Å². The van der Waals surface area contributed by atoms with Gasteiger partial charge in [-0.3, -0.25) is 0 Å². The number of anilines is 1. The molecule has 0 spiro atoms. The van der Waals surface area contributed by atoms with E-state index in [0.29, 0.717) is 10.2 Å². The van der Waals surface area contributed by atoms with Gasteiger partial charge in [0.05, 0.1) is 5.69 Å². The zero-order valence-corrected chi connectivity index (χ0v) is 13.7. The summed E-state index contributed by atoms with van der Waals surface area (Å²) in [4.78, 5) is 5.48. The lowest BCUT2D eigenvalue weighted by molar-refractivity contribution is 0.626. The fourth-order valence-corrected chi connectivity index (χ4v) is 3.38. The lowest BCUT2D eigenvalue weighted by Crippen LogP contribution is -2.16. The number of aryl methyl sites for hydroxylation is 1. The molecule has 108 valence electrons. The highest BCUT2D eigenvalue weighted by Gasteiger charge is 2.21. The van der Waals surface area contributed by atoms with Crippen LogP contribution in [0.1, 0.15) is 16.7 Å². The molecule has 0 fully saturated rings. The van der Waals surface area contributed by atoms with Gasteiger partial charge in [0.25, 0.3) is 0 Å². The number of benzene rings is 1. The van der Waals surface area contributed by atoms with Gasteiger partial charge in [0.1, 0.15) is 17.7 Å². The fraction of sp³-hybridized carbons (Fsp3) is 0.133. The fourth-order valence-electron chi connectivity index (χ4n) is 2.15. The van der Waals surface area contributed by atoms with Crippen LogP contribution in [0.15, 0.2) is 52.6 Å². The highest BCUT2D eigenvalue weighted by atomic mass is 79.9. The van der Waals surface area contributed by atoms with E-state index in [9.17, 15) is 4.39 Å². The average molecular weight is 366 g/mol. The van der Waals surface area contributed by atoms with E-state index < -0.39 is 0 Å². The lowest BCUT2D eigenvalue weighted by atomic mass is 10.2. The third kappa shape index (κ3) is 2.87. The van der Waals surface area contributed by atoms with Gasteiger partial charge in [-0.2, -0.15) is 0 Å². The van der Waals surface area contributed by atoms with Gasteiger partial charge >= 0.3 is 0 Å². The average Bonchev–Trinajstić information content (AvgIpc) is 3.11. The maximum Gasteiger partial charge on any atom is 0.147 e. The van der Waals surface area contributed by atoms with Crippen LogP contribution in [0.3, 0.4) is 0 Å². The van der Waals surface area contributed by atoms with Gasteiger partial charge in [0.15, 0.2) is 0 Å². The molecule has 2 aromatic heterocycles. The van der Waals surface area contributed by atoms with Crippen molar-refractivity contribution in [2.24, 2.45) is 7.05 Å². The Bertz CT molecular complexity index is 719. The summed E-state index contributed by atoms with van der Waals surface area (Å²) in [6.07, 6.45) is 3.63. The molecule has 0 aliphatic heterocycles. The molecule has 0 aliphatic rings. The number of hydrogen-bond acceptors (Lipinski definition) is 3. The van der Waals surface area contributed by atoms with Crippen LogP contribution in [0.5, 0.6) is 0 Å². The summed E-state index contributed by atoms with van der Waals surface area (Å²) in [5.74, 6) is 0.549. The van der Waals surface area contributed by atoms with E-state index in [1.165, 1.54) is 6.07 Å². The van der Waals surface area contributed by atoms with E-state index in [0.717, 1.165) is 10.7 Å². The van der Waals surface area contributed by atoms with Gasteiger partial charge < -0.3 is 9.88 Å². The zero-order chi connectivity index (χ0) is 14.8. The predicted molar refractivity (Wildman–Crippen MR) is 87.1 cm³/mol. The Balaban J connectivity index is 2.03. The van der Waals surface area contributed by atoms with Crippen molar-refractivity contribution in [2.75, 3.05) is 5.32 Å². The van der Waals surface area contributed by atoms with Crippen LogP contribution < -0.4 is 5.32 Å². The summed E-state index contributed by atoms with van der Waals surface area (Å²) >= 11 is 5.01. The Kier molecular flexibility index (Phi) is 4.07. The number of rotatable bonds is 4. The number of halogens is 2. The molecule has 0 bridgehead atoms. The monoisotopic (exact) mass is 365 g/mol. The van der Waals surface area contributed by atoms with Crippen molar-refractivity contribution in [3.63, 3.8) is 0 Å². The molecule has 1 aromatic carbocycles. The van der Waals surface area contributed by atoms with Crippen molar-refractivity contribution in [3.05, 3.63) is 69.1 Å². The molecule has 21 heavy (non-hydrogen) atoms. The lowest BCUT2D eigenvalue weighted by Gasteiger charge is -2.20. The molecule has 1 atom stereocenters. The first-order valence-corrected chi connectivity index (χ1v) is 8.05. The third-order valence-electron chi connectivity index (χ3n) is 3.20. The summed E-state index contributed by atoms with van der Waals surface area (Å²) < 4.78 is 16.7. The van der Waals surface area contributed by atoms with Crippen LogP contribution in [0.2, 0.25) is 0 Å². The highest BCUT2D eigenvalue weighted by molar-refractivity contribution is 9.10. The maximum atomic E-state index is 14.1. The second-order valence-corrected chi connectivity index (χ2v) is 6.42. The number of imidazole rings is 1. The smallest absolute Gasteiger partial charge is 0.147 e. The standard InChI is InChI=1S/C15H13BrFN3S/c1-20-8-7-18-15(20)14(12-6-3-9-21-12)19-13-10(16)4-2-5-11(13)17/h2-9,14,19H,1H3. The Morgan fingerprint density at radius 3 is 2.81 bits per heavy atom. The topological polar surface area (TPSA) is 29.9 Å². The second kappa shape index (κ2) is 5.99. The molecular formula is C15H13BrFN3S. The summed E-state index contributed by atoms with van der Waals surface area (Å²) in [6.45, 7) is 0. The van der Waals surface area contributed by atoms with Crippen LogP contribution in [0.4, 0.5) is 10.1 Å². The van der Waals surface area contributed by atoms with Gasteiger partial charge in [-0.1, -0.05) is 12.1 Å². The molecule has 0 radical (unpaired) electrons. The number of aromatic nitrogens is 2. The molecule has 3 rings (SSSR count). The molecular weight excluding hydrogens is 353 g/mol. The van der Waals surface area contributed by atoms with Crippen molar-refractivity contribution in [1.29, 1.82) is 0 Å². The van der Waals surface area contributed by atoms with Crippen molar-refractivity contribution in [3.8, 4) is 0 Å². The number of para-hydroxylation sites is 1. The first kappa shape index (κ1) is 14.3. The van der Waals surface area contributed by atoms with E-state index in [-0.39, 0.29) is 11.9 Å². The van der Waals surface area contributed by atoms with Crippen LogP contribution in [-0.2, 0) is 7.05 Å². The quantitative estimate of drug-likeness (QED) is 0.732. The first-order valence-electron chi connectivity index (χ1n) is 6.38. The second-order valence-electron chi connectivity index (χ2n) is 4.59.